The number of rotatable bonds is 10. The van der Waals surface area contributed by atoms with Crippen LogP contribution in [0, 0.1) is 0 Å². The van der Waals surface area contributed by atoms with Crippen molar-refractivity contribution in [3.05, 3.63) is 0 Å². The second-order valence-electron chi connectivity index (χ2n) is 3.07. The Balaban J connectivity index is 3.29. The second kappa shape index (κ2) is 9.91. The van der Waals surface area contributed by atoms with Crippen molar-refractivity contribution in [2.24, 2.45) is 5.73 Å². The van der Waals surface area contributed by atoms with Crippen LogP contribution in [0.1, 0.15) is 6.42 Å². The predicted molar refractivity (Wildman–Crippen MR) is 62.6 cm³/mol. The smallest absolute Gasteiger partial charge is 0.329 e. The molecule has 0 heterocycles. The van der Waals surface area contributed by atoms with Crippen molar-refractivity contribution in [1.82, 2.24) is 5.32 Å². The Hall–Kier alpha value is -1.28. The van der Waals surface area contributed by atoms with Crippen LogP contribution in [-0.4, -0.2) is 54.2 Å². The first-order valence-electron chi connectivity index (χ1n) is 4.94. The Morgan fingerprint density at radius 2 is 2.06 bits per heavy atom. The average molecular weight is 264 g/mol. The van der Waals surface area contributed by atoms with E-state index in [9.17, 15) is 14.4 Å². The van der Waals surface area contributed by atoms with Crippen LogP contribution >= 0.6 is 11.8 Å². The average Bonchev–Trinajstić information content (AvgIpc) is 2.23. The molecule has 0 radical (unpaired) electrons. The standard InChI is InChI=1S/C9H16N2O5S/c10-7(12)6-17-4-1-8(13)11-2-3-16-5-9(14)15/h1-6H2,(H2,10,12)(H,11,13)(H,14,15). The van der Waals surface area contributed by atoms with Crippen molar-refractivity contribution < 1.29 is 24.2 Å². The summed E-state index contributed by atoms with van der Waals surface area (Å²) >= 11 is 1.29. The maximum absolute atomic E-state index is 11.2. The van der Waals surface area contributed by atoms with Gasteiger partial charge in [0, 0.05) is 18.7 Å². The fourth-order valence-corrected chi connectivity index (χ4v) is 1.52. The van der Waals surface area contributed by atoms with Crippen molar-refractivity contribution in [3.63, 3.8) is 0 Å². The van der Waals surface area contributed by atoms with Gasteiger partial charge in [-0.2, -0.15) is 11.8 Å². The second-order valence-corrected chi connectivity index (χ2v) is 4.17. The molecule has 0 aliphatic rings. The van der Waals surface area contributed by atoms with Gasteiger partial charge in [0.1, 0.15) is 6.61 Å². The lowest BCUT2D eigenvalue weighted by Crippen LogP contribution is -2.28. The molecule has 0 aromatic carbocycles. The molecule has 7 nitrogen and oxygen atoms in total. The van der Waals surface area contributed by atoms with E-state index in [4.69, 9.17) is 15.6 Å². The zero-order chi connectivity index (χ0) is 13.1. The number of hydrogen-bond acceptors (Lipinski definition) is 5. The van der Waals surface area contributed by atoms with Gasteiger partial charge in [0.2, 0.25) is 11.8 Å². The number of carboxylic acid groups (broad SMARTS) is 1. The molecule has 98 valence electrons. The summed E-state index contributed by atoms with van der Waals surface area (Å²) in [7, 11) is 0. The van der Waals surface area contributed by atoms with Crippen molar-refractivity contribution >= 4 is 29.5 Å². The molecule has 0 atom stereocenters. The van der Waals surface area contributed by atoms with E-state index in [-0.39, 0.29) is 37.8 Å². The molecule has 4 N–H and O–H groups in total. The molecule has 0 bridgehead atoms. The Bertz CT molecular complexity index is 272. The summed E-state index contributed by atoms with van der Waals surface area (Å²) in [5, 5.41) is 10.8. The number of hydrogen-bond donors (Lipinski definition) is 3. The summed E-state index contributed by atoms with van der Waals surface area (Å²) in [6.07, 6.45) is 0.289. The highest BCUT2D eigenvalue weighted by Crippen LogP contribution is 2.00. The molecule has 8 heteroatoms. The molecule has 2 amide bonds. The molecule has 0 saturated carbocycles. The maximum Gasteiger partial charge on any atom is 0.329 e. The van der Waals surface area contributed by atoms with Gasteiger partial charge in [-0.3, -0.25) is 9.59 Å². The predicted octanol–water partition coefficient (Wildman–Crippen LogP) is -1.19. The number of ether oxygens (including phenoxy) is 1. The van der Waals surface area contributed by atoms with E-state index in [0.717, 1.165) is 0 Å². The van der Waals surface area contributed by atoms with Crippen LogP contribution in [0.3, 0.4) is 0 Å². The minimum absolute atomic E-state index is 0.159. The van der Waals surface area contributed by atoms with E-state index in [1.165, 1.54) is 11.8 Å². The molecule has 0 saturated heterocycles. The van der Waals surface area contributed by atoms with E-state index >= 15 is 0 Å². The highest BCUT2D eigenvalue weighted by molar-refractivity contribution is 7.99. The number of carbonyl (C=O) groups is 3. The molecule has 0 fully saturated rings. The number of nitrogens with one attached hydrogen (secondary N) is 1. The fourth-order valence-electron chi connectivity index (χ4n) is 0.848. The number of nitrogens with two attached hydrogens (primary N) is 1. The molecular weight excluding hydrogens is 248 g/mol. The monoisotopic (exact) mass is 264 g/mol. The number of carboxylic acids is 1. The van der Waals surface area contributed by atoms with E-state index in [1.807, 2.05) is 0 Å². The van der Waals surface area contributed by atoms with Gasteiger partial charge in [0.15, 0.2) is 0 Å². The van der Waals surface area contributed by atoms with Gasteiger partial charge in [0.05, 0.1) is 12.4 Å². The molecule has 0 rings (SSSR count). The quantitative estimate of drug-likeness (QED) is 0.427. The van der Waals surface area contributed by atoms with E-state index in [1.54, 1.807) is 0 Å². The first-order chi connectivity index (χ1) is 8.02. The van der Waals surface area contributed by atoms with Gasteiger partial charge >= 0.3 is 5.97 Å². The van der Waals surface area contributed by atoms with Crippen LogP contribution in [0.5, 0.6) is 0 Å². The summed E-state index contributed by atoms with van der Waals surface area (Å²) in [6.45, 7) is 0.0589. The number of primary amides is 1. The van der Waals surface area contributed by atoms with Crippen LogP contribution in [-0.2, 0) is 19.1 Å². The molecule has 17 heavy (non-hydrogen) atoms. The van der Waals surface area contributed by atoms with Crippen LogP contribution in [0.25, 0.3) is 0 Å². The molecule has 0 aliphatic carbocycles. The lowest BCUT2D eigenvalue weighted by molar-refractivity contribution is -0.142. The number of amides is 2. The number of aliphatic carboxylic acids is 1. The third-order valence-corrected chi connectivity index (χ3v) is 2.49. The zero-order valence-corrected chi connectivity index (χ0v) is 10.1. The SMILES string of the molecule is NC(=O)CSCCC(=O)NCCOCC(=O)O. The fraction of sp³-hybridized carbons (Fsp3) is 0.667. The Kier molecular flexibility index (Phi) is 9.17. The van der Waals surface area contributed by atoms with E-state index in [0.29, 0.717) is 5.75 Å². The summed E-state index contributed by atoms with van der Waals surface area (Å²) in [6, 6.07) is 0. The van der Waals surface area contributed by atoms with Crippen molar-refractivity contribution in [1.29, 1.82) is 0 Å². The first-order valence-corrected chi connectivity index (χ1v) is 6.10. The lowest BCUT2D eigenvalue weighted by Gasteiger charge is -2.04. The van der Waals surface area contributed by atoms with Gasteiger partial charge in [-0.25, -0.2) is 4.79 Å². The van der Waals surface area contributed by atoms with Crippen LogP contribution in [0.4, 0.5) is 0 Å². The Morgan fingerprint density at radius 1 is 1.35 bits per heavy atom. The Morgan fingerprint density at radius 3 is 2.65 bits per heavy atom. The van der Waals surface area contributed by atoms with Gasteiger partial charge < -0.3 is 20.9 Å². The maximum atomic E-state index is 11.2. The highest BCUT2D eigenvalue weighted by atomic mass is 32.2. The molecule has 0 aliphatic heterocycles. The van der Waals surface area contributed by atoms with Crippen molar-refractivity contribution in [2.75, 3.05) is 31.3 Å². The van der Waals surface area contributed by atoms with Crippen molar-refractivity contribution in [3.8, 4) is 0 Å². The van der Waals surface area contributed by atoms with Gasteiger partial charge in [0.25, 0.3) is 0 Å². The summed E-state index contributed by atoms with van der Waals surface area (Å²) in [5.74, 6) is -0.891. The summed E-state index contributed by atoms with van der Waals surface area (Å²) in [5.41, 5.74) is 4.92. The topological polar surface area (TPSA) is 119 Å². The van der Waals surface area contributed by atoms with Gasteiger partial charge in [-0.1, -0.05) is 0 Å². The Labute approximate surface area is 103 Å². The molecule has 0 spiro atoms. The van der Waals surface area contributed by atoms with Gasteiger partial charge in [-0.15, -0.1) is 0 Å². The minimum atomic E-state index is -1.04. The van der Waals surface area contributed by atoms with E-state index in [2.05, 4.69) is 5.32 Å². The minimum Gasteiger partial charge on any atom is -0.480 e. The van der Waals surface area contributed by atoms with Crippen LogP contribution < -0.4 is 11.1 Å². The molecule has 0 aromatic heterocycles. The first kappa shape index (κ1) is 15.7. The number of carbonyl (C=O) groups excluding carboxylic acids is 2. The normalized spacial score (nSPS) is 9.88. The zero-order valence-electron chi connectivity index (χ0n) is 9.31. The van der Waals surface area contributed by atoms with Gasteiger partial charge in [-0.05, 0) is 0 Å². The van der Waals surface area contributed by atoms with Crippen molar-refractivity contribution in [2.45, 2.75) is 6.42 Å². The van der Waals surface area contributed by atoms with E-state index < -0.39 is 11.9 Å². The van der Waals surface area contributed by atoms with Crippen LogP contribution in [0.15, 0.2) is 0 Å². The lowest BCUT2D eigenvalue weighted by atomic mass is 10.4. The molecule has 0 unspecified atom stereocenters. The summed E-state index contributed by atoms with van der Waals surface area (Å²) in [4.78, 5) is 31.6. The third kappa shape index (κ3) is 12.7. The summed E-state index contributed by atoms with van der Waals surface area (Å²) < 4.78 is 4.72. The number of thioether (sulfide) groups is 1. The molecule has 0 aromatic rings. The molecular formula is C9H16N2O5S. The largest absolute Gasteiger partial charge is 0.480 e. The highest BCUT2D eigenvalue weighted by Gasteiger charge is 2.02. The van der Waals surface area contributed by atoms with Crippen LogP contribution in [0.2, 0.25) is 0 Å². The third-order valence-electron chi connectivity index (χ3n) is 1.51.